The van der Waals surface area contributed by atoms with Crippen LogP contribution in [0.15, 0.2) is 29.3 Å². The van der Waals surface area contributed by atoms with Crippen LogP contribution in [0.2, 0.25) is 0 Å². The van der Waals surface area contributed by atoms with Gasteiger partial charge in [0.15, 0.2) is 5.96 Å². The van der Waals surface area contributed by atoms with Gasteiger partial charge in [0.1, 0.15) is 0 Å². The van der Waals surface area contributed by atoms with E-state index in [2.05, 4.69) is 58.6 Å². The van der Waals surface area contributed by atoms with Gasteiger partial charge in [0.2, 0.25) is 0 Å². The van der Waals surface area contributed by atoms with E-state index in [0.29, 0.717) is 12.2 Å². The highest BCUT2D eigenvalue weighted by Crippen LogP contribution is 2.28. The molecule has 1 aromatic carbocycles. The molecule has 30 heavy (non-hydrogen) atoms. The molecule has 2 unspecified atom stereocenters. The largest absolute Gasteiger partial charge is 0.381 e. The molecular formula is C23H39IN4O2. The van der Waals surface area contributed by atoms with Gasteiger partial charge in [-0.3, -0.25) is 9.89 Å². The molecule has 1 aliphatic heterocycles. The second kappa shape index (κ2) is 13.5. The first kappa shape index (κ1) is 25.4. The maximum absolute atomic E-state index is 5.87. The number of halogens is 1. The highest BCUT2D eigenvalue weighted by atomic mass is 127. The lowest BCUT2D eigenvalue weighted by Gasteiger charge is -2.35. The summed E-state index contributed by atoms with van der Waals surface area (Å²) < 4.78 is 11.6. The van der Waals surface area contributed by atoms with Crippen molar-refractivity contribution in [3.63, 3.8) is 0 Å². The number of rotatable bonds is 10. The van der Waals surface area contributed by atoms with Crippen LogP contribution in [0.5, 0.6) is 0 Å². The molecule has 0 spiro atoms. The molecule has 1 saturated carbocycles. The SMILES string of the molecule is CN=C(NCCCOCC1CC1)NCc1ccccc1CN1CC(C)OC(C)C1.I. The van der Waals surface area contributed by atoms with Gasteiger partial charge in [0, 0.05) is 53.0 Å². The van der Waals surface area contributed by atoms with Crippen LogP contribution in [-0.4, -0.2) is 63.0 Å². The second-order valence-electron chi connectivity index (χ2n) is 8.44. The van der Waals surface area contributed by atoms with Gasteiger partial charge in [0.25, 0.3) is 0 Å². The van der Waals surface area contributed by atoms with Crippen molar-refractivity contribution < 1.29 is 9.47 Å². The van der Waals surface area contributed by atoms with Crippen LogP contribution in [0.4, 0.5) is 0 Å². The van der Waals surface area contributed by atoms with Gasteiger partial charge in [-0.2, -0.15) is 0 Å². The van der Waals surface area contributed by atoms with E-state index in [1.54, 1.807) is 0 Å². The molecule has 0 aromatic heterocycles. The molecule has 0 radical (unpaired) electrons. The Labute approximate surface area is 199 Å². The lowest BCUT2D eigenvalue weighted by atomic mass is 10.1. The third-order valence-corrected chi connectivity index (χ3v) is 5.49. The smallest absolute Gasteiger partial charge is 0.191 e. The number of morpholine rings is 1. The molecule has 3 rings (SSSR count). The molecule has 1 heterocycles. The van der Waals surface area contributed by atoms with Crippen molar-refractivity contribution in [2.24, 2.45) is 10.9 Å². The number of aliphatic imine (C=N–C) groups is 1. The average Bonchev–Trinajstić information content (AvgIpc) is 3.51. The molecule has 170 valence electrons. The summed E-state index contributed by atoms with van der Waals surface area (Å²) in [6, 6.07) is 8.67. The van der Waals surface area contributed by atoms with Crippen LogP contribution in [0.3, 0.4) is 0 Å². The number of guanidine groups is 1. The van der Waals surface area contributed by atoms with Crippen molar-refractivity contribution in [3.05, 3.63) is 35.4 Å². The molecule has 6 nitrogen and oxygen atoms in total. The normalized spacial score (nSPS) is 22.4. The fourth-order valence-corrected chi connectivity index (χ4v) is 3.85. The van der Waals surface area contributed by atoms with Crippen LogP contribution < -0.4 is 10.6 Å². The first-order chi connectivity index (χ1) is 14.1. The molecule has 7 heteroatoms. The van der Waals surface area contributed by atoms with Gasteiger partial charge in [0.05, 0.1) is 12.2 Å². The Morgan fingerprint density at radius 1 is 1.13 bits per heavy atom. The van der Waals surface area contributed by atoms with Gasteiger partial charge >= 0.3 is 0 Å². The van der Waals surface area contributed by atoms with Crippen molar-refractivity contribution in [2.45, 2.75) is 58.4 Å². The van der Waals surface area contributed by atoms with Crippen molar-refractivity contribution >= 4 is 29.9 Å². The highest BCUT2D eigenvalue weighted by Gasteiger charge is 2.22. The Hall–Kier alpha value is -0.900. The Bertz CT molecular complexity index is 644. The van der Waals surface area contributed by atoms with Crippen molar-refractivity contribution in [1.82, 2.24) is 15.5 Å². The Morgan fingerprint density at radius 2 is 1.83 bits per heavy atom. The zero-order valence-electron chi connectivity index (χ0n) is 18.7. The second-order valence-corrected chi connectivity index (χ2v) is 8.44. The number of hydrogen-bond acceptors (Lipinski definition) is 4. The van der Waals surface area contributed by atoms with Crippen LogP contribution >= 0.6 is 24.0 Å². The quantitative estimate of drug-likeness (QED) is 0.210. The lowest BCUT2D eigenvalue weighted by molar-refractivity contribution is -0.0705. The van der Waals surface area contributed by atoms with Crippen molar-refractivity contribution in [3.8, 4) is 0 Å². The summed E-state index contributed by atoms with van der Waals surface area (Å²) in [7, 11) is 1.82. The minimum atomic E-state index is 0. The van der Waals surface area contributed by atoms with Crippen molar-refractivity contribution in [1.29, 1.82) is 0 Å². The molecule has 2 N–H and O–H groups in total. The maximum atomic E-state index is 5.87. The molecule has 2 atom stereocenters. The van der Waals surface area contributed by atoms with E-state index in [9.17, 15) is 0 Å². The molecule has 2 aliphatic rings. The lowest BCUT2D eigenvalue weighted by Crippen LogP contribution is -2.45. The molecule has 0 bridgehead atoms. The minimum absolute atomic E-state index is 0. The topological polar surface area (TPSA) is 58.1 Å². The van der Waals surface area contributed by atoms with Crippen LogP contribution in [-0.2, 0) is 22.6 Å². The molecular weight excluding hydrogens is 491 g/mol. The fourth-order valence-electron chi connectivity index (χ4n) is 3.85. The number of nitrogens with one attached hydrogen (secondary N) is 2. The summed E-state index contributed by atoms with van der Waals surface area (Å²) in [5, 5.41) is 6.84. The predicted molar refractivity (Wildman–Crippen MR) is 134 cm³/mol. The van der Waals surface area contributed by atoms with E-state index in [1.807, 2.05) is 7.05 Å². The van der Waals surface area contributed by atoms with Crippen LogP contribution in [0.25, 0.3) is 0 Å². The monoisotopic (exact) mass is 530 g/mol. The van der Waals surface area contributed by atoms with Crippen LogP contribution in [0, 0.1) is 5.92 Å². The maximum Gasteiger partial charge on any atom is 0.191 e. The number of hydrogen-bond donors (Lipinski definition) is 2. The first-order valence-electron chi connectivity index (χ1n) is 11.1. The van der Waals surface area contributed by atoms with Gasteiger partial charge in [-0.25, -0.2) is 0 Å². The standard InChI is InChI=1S/C23H38N4O2.HI/c1-18-14-27(15-19(2)29-18)16-22-8-5-4-7-21(22)13-26-23(24-3)25-11-6-12-28-17-20-9-10-20;/h4-5,7-8,18-20H,6,9-17H2,1-3H3,(H2,24,25,26);1H. The summed E-state index contributed by atoms with van der Waals surface area (Å²) in [4.78, 5) is 6.84. The van der Waals surface area contributed by atoms with Crippen molar-refractivity contribution in [2.75, 3.05) is 39.9 Å². The highest BCUT2D eigenvalue weighted by molar-refractivity contribution is 14.0. The summed E-state index contributed by atoms with van der Waals surface area (Å²) in [5.41, 5.74) is 2.68. The van der Waals surface area contributed by atoms with E-state index in [0.717, 1.165) is 64.2 Å². The Balaban J connectivity index is 0.00000320. The molecule has 2 fully saturated rings. The summed E-state index contributed by atoms with van der Waals surface area (Å²) >= 11 is 0. The molecule has 1 aliphatic carbocycles. The predicted octanol–water partition coefficient (Wildman–Crippen LogP) is 3.40. The van der Waals surface area contributed by atoms with E-state index in [-0.39, 0.29) is 24.0 Å². The molecule has 0 amide bonds. The summed E-state index contributed by atoms with van der Waals surface area (Å²) in [5.74, 6) is 1.68. The van der Waals surface area contributed by atoms with E-state index < -0.39 is 0 Å². The molecule has 1 aromatic rings. The number of nitrogens with zero attached hydrogens (tertiary/aromatic N) is 2. The Kier molecular flexibility index (Phi) is 11.4. The number of benzene rings is 1. The Morgan fingerprint density at radius 3 is 2.50 bits per heavy atom. The average molecular weight is 530 g/mol. The third-order valence-electron chi connectivity index (χ3n) is 5.49. The van der Waals surface area contributed by atoms with E-state index in [4.69, 9.17) is 9.47 Å². The van der Waals surface area contributed by atoms with Gasteiger partial charge in [-0.15, -0.1) is 24.0 Å². The van der Waals surface area contributed by atoms with Gasteiger partial charge in [-0.05, 0) is 50.2 Å². The molecule has 1 saturated heterocycles. The minimum Gasteiger partial charge on any atom is -0.381 e. The third kappa shape index (κ3) is 9.08. The number of ether oxygens (including phenoxy) is 2. The zero-order valence-corrected chi connectivity index (χ0v) is 21.1. The fraction of sp³-hybridized carbons (Fsp3) is 0.696. The van der Waals surface area contributed by atoms with Gasteiger partial charge < -0.3 is 20.1 Å². The van der Waals surface area contributed by atoms with Crippen LogP contribution in [0.1, 0.15) is 44.2 Å². The van der Waals surface area contributed by atoms with Gasteiger partial charge in [-0.1, -0.05) is 24.3 Å². The van der Waals surface area contributed by atoms with E-state index in [1.165, 1.54) is 24.0 Å². The zero-order chi connectivity index (χ0) is 20.5. The summed E-state index contributed by atoms with van der Waals surface area (Å²) in [6.07, 6.45) is 4.28. The summed E-state index contributed by atoms with van der Waals surface area (Å²) in [6.45, 7) is 10.6. The van der Waals surface area contributed by atoms with E-state index >= 15 is 0 Å². The first-order valence-corrected chi connectivity index (χ1v) is 11.1.